The first-order valence-electron chi connectivity index (χ1n) is 5.11. The minimum Gasteiger partial charge on any atom is -0.503 e. The summed E-state index contributed by atoms with van der Waals surface area (Å²) in [6.45, 7) is 0.463. The second-order valence-corrected chi connectivity index (χ2v) is 5.10. The fourth-order valence-corrected chi connectivity index (χ4v) is 2.66. The summed E-state index contributed by atoms with van der Waals surface area (Å²) in [5.74, 6) is -0.831. The number of hydrogen-bond donors (Lipinski definition) is 0. The first-order chi connectivity index (χ1) is 8.12. The Morgan fingerprint density at radius 2 is 2.41 bits per heavy atom. The largest absolute Gasteiger partial charge is 0.578 e. The third-order valence-electron chi connectivity index (χ3n) is 2.89. The monoisotopic (exact) mass is 252 g/mol. The fraction of sp³-hybridized carbons (Fsp3) is 0.444. The van der Waals surface area contributed by atoms with Crippen molar-refractivity contribution < 1.29 is 18.9 Å². The summed E-state index contributed by atoms with van der Waals surface area (Å²) >= 11 is 1.33. The van der Waals surface area contributed by atoms with Crippen LogP contribution in [0.15, 0.2) is 11.7 Å². The lowest BCUT2D eigenvalue weighted by Crippen LogP contribution is -2.46. The lowest BCUT2D eigenvalue weighted by atomic mass is 9.88. The van der Waals surface area contributed by atoms with Crippen LogP contribution in [-0.4, -0.2) is 54.5 Å². The molecule has 3 rings (SSSR count). The Bertz CT molecular complexity index is 479. The van der Waals surface area contributed by atoms with E-state index in [1.165, 1.54) is 11.3 Å². The van der Waals surface area contributed by atoms with E-state index in [0.717, 1.165) is 0 Å². The van der Waals surface area contributed by atoms with Gasteiger partial charge in [0.25, 0.3) is 0 Å². The van der Waals surface area contributed by atoms with E-state index in [1.807, 2.05) is 0 Å². The molecule has 0 saturated carbocycles. The molecule has 0 aromatic carbocycles. The summed E-state index contributed by atoms with van der Waals surface area (Å²) in [4.78, 5) is 29.3. The minimum atomic E-state index is -1.43. The molecule has 0 bridgehead atoms. The van der Waals surface area contributed by atoms with Gasteiger partial charge in [-0.25, -0.2) is 0 Å². The predicted octanol–water partition coefficient (Wildman–Crippen LogP) is -1.33. The van der Waals surface area contributed by atoms with Crippen LogP contribution in [0.1, 0.15) is 0 Å². The van der Waals surface area contributed by atoms with Gasteiger partial charge in [0.1, 0.15) is 0 Å². The number of Topliss-reactive ketones (excluding diaryl/α,β-unsaturated/α-hetero) is 1. The molecule has 8 heteroatoms. The Morgan fingerprint density at radius 3 is 3.00 bits per heavy atom. The highest BCUT2D eigenvalue weighted by atomic mass is 32.1. The molecule has 6 nitrogen and oxygen atoms in total. The average molecular weight is 252 g/mol. The quantitative estimate of drug-likeness (QED) is 0.455. The number of thiazole rings is 1. The zero-order valence-corrected chi connectivity index (χ0v) is 9.90. The second-order valence-electron chi connectivity index (χ2n) is 4.18. The van der Waals surface area contributed by atoms with Gasteiger partial charge in [0.05, 0.1) is 16.8 Å². The number of nitrogens with zero attached hydrogens (tertiary/aromatic N) is 2. The molecule has 2 aliphatic heterocycles. The first-order valence-corrected chi connectivity index (χ1v) is 5.99. The maximum Gasteiger partial charge on any atom is 0.578 e. The highest BCUT2D eigenvalue weighted by Gasteiger charge is 2.61. The number of carbonyl (C=O) groups excluding carboxylic acids is 2. The Morgan fingerprint density at radius 1 is 1.59 bits per heavy atom. The standard InChI is InChI=1S/C9H9BN2O4S/c1-12-3-6(13)9(4-12)8(14)15-10(16-9)7-2-11-5-17-7/h2,5H,3-4H2,1H3. The van der Waals surface area contributed by atoms with Crippen molar-refractivity contribution in [2.75, 3.05) is 20.1 Å². The number of ketones is 1. The smallest absolute Gasteiger partial charge is 0.503 e. The molecule has 2 saturated heterocycles. The lowest BCUT2D eigenvalue weighted by molar-refractivity contribution is -0.148. The van der Waals surface area contributed by atoms with Crippen LogP contribution < -0.4 is 4.78 Å². The van der Waals surface area contributed by atoms with Crippen LogP contribution in [0.5, 0.6) is 0 Å². The third-order valence-corrected chi connectivity index (χ3v) is 3.69. The first kappa shape index (κ1) is 10.9. The third kappa shape index (κ3) is 1.52. The van der Waals surface area contributed by atoms with Gasteiger partial charge >= 0.3 is 13.1 Å². The van der Waals surface area contributed by atoms with Crippen molar-refractivity contribution in [2.24, 2.45) is 0 Å². The van der Waals surface area contributed by atoms with E-state index in [2.05, 4.69) is 4.98 Å². The summed E-state index contributed by atoms with van der Waals surface area (Å²) in [6.07, 6.45) is 1.57. The number of rotatable bonds is 1. The van der Waals surface area contributed by atoms with Crippen molar-refractivity contribution >= 4 is 35.0 Å². The van der Waals surface area contributed by atoms with Crippen LogP contribution in [0.4, 0.5) is 0 Å². The van der Waals surface area contributed by atoms with Crippen LogP contribution in [0, 0.1) is 0 Å². The molecule has 1 atom stereocenters. The molecule has 0 radical (unpaired) electrons. The van der Waals surface area contributed by atoms with E-state index in [-0.39, 0.29) is 18.9 Å². The zero-order chi connectivity index (χ0) is 12.0. The van der Waals surface area contributed by atoms with Crippen LogP contribution in [-0.2, 0) is 18.9 Å². The minimum absolute atomic E-state index is 0.213. The van der Waals surface area contributed by atoms with E-state index < -0.39 is 18.7 Å². The van der Waals surface area contributed by atoms with E-state index in [0.29, 0.717) is 4.78 Å². The van der Waals surface area contributed by atoms with Crippen LogP contribution in [0.2, 0.25) is 0 Å². The molecule has 17 heavy (non-hydrogen) atoms. The highest BCUT2D eigenvalue weighted by Crippen LogP contribution is 2.29. The van der Waals surface area contributed by atoms with Gasteiger partial charge in [-0.2, -0.15) is 0 Å². The van der Waals surface area contributed by atoms with Gasteiger partial charge in [0, 0.05) is 12.7 Å². The Labute approximate surface area is 102 Å². The number of hydrogen-bond acceptors (Lipinski definition) is 7. The summed E-state index contributed by atoms with van der Waals surface area (Å²) in [6, 6.07) is 0. The number of likely N-dealkylation sites (tertiary alicyclic amines) is 1. The average Bonchev–Trinajstić information content (AvgIpc) is 2.91. The molecule has 0 amide bonds. The van der Waals surface area contributed by atoms with E-state index in [4.69, 9.17) is 9.31 Å². The molecule has 1 aromatic rings. The van der Waals surface area contributed by atoms with Gasteiger partial charge in [0.2, 0.25) is 5.60 Å². The number of likely N-dealkylation sites (N-methyl/N-ethyl adjacent to an activating group) is 1. The van der Waals surface area contributed by atoms with E-state index in [1.54, 1.807) is 23.7 Å². The molecule has 1 aromatic heterocycles. The molecule has 3 heterocycles. The molecule has 1 unspecified atom stereocenters. The summed E-state index contributed by atoms with van der Waals surface area (Å²) in [5.41, 5.74) is 0.198. The van der Waals surface area contributed by atoms with Crippen molar-refractivity contribution in [1.29, 1.82) is 0 Å². The molecule has 2 fully saturated rings. The van der Waals surface area contributed by atoms with Crippen LogP contribution in [0.25, 0.3) is 0 Å². The van der Waals surface area contributed by atoms with Crippen molar-refractivity contribution in [3.63, 3.8) is 0 Å². The molecule has 2 aliphatic rings. The number of aromatic nitrogens is 1. The zero-order valence-electron chi connectivity index (χ0n) is 9.08. The van der Waals surface area contributed by atoms with Crippen molar-refractivity contribution in [2.45, 2.75) is 5.60 Å². The van der Waals surface area contributed by atoms with Crippen LogP contribution in [0.3, 0.4) is 0 Å². The van der Waals surface area contributed by atoms with Gasteiger partial charge in [-0.15, -0.1) is 11.3 Å². The summed E-state index contributed by atoms with van der Waals surface area (Å²) in [5, 5.41) is 0. The molecule has 0 N–H and O–H groups in total. The van der Waals surface area contributed by atoms with Gasteiger partial charge in [0.15, 0.2) is 5.78 Å². The highest BCUT2D eigenvalue weighted by molar-refractivity contribution is 7.20. The molecular weight excluding hydrogens is 243 g/mol. The summed E-state index contributed by atoms with van der Waals surface area (Å²) in [7, 11) is 0.967. The van der Waals surface area contributed by atoms with Gasteiger partial charge in [-0.3, -0.25) is 19.5 Å². The second kappa shape index (κ2) is 3.62. The van der Waals surface area contributed by atoms with Gasteiger partial charge < -0.3 is 9.31 Å². The molecule has 0 aliphatic carbocycles. The van der Waals surface area contributed by atoms with Crippen molar-refractivity contribution in [3.8, 4) is 0 Å². The topological polar surface area (TPSA) is 68.7 Å². The molecule has 1 spiro atoms. The lowest BCUT2D eigenvalue weighted by Gasteiger charge is -2.16. The molecule has 88 valence electrons. The summed E-state index contributed by atoms with van der Waals surface area (Å²) < 4.78 is 11.4. The maximum atomic E-state index is 11.9. The van der Waals surface area contributed by atoms with E-state index in [9.17, 15) is 9.59 Å². The normalized spacial score (nSPS) is 29.4. The SMILES string of the molecule is CN1CC(=O)C2(C1)OB(c1cncs1)OC2=O. The van der Waals surface area contributed by atoms with Gasteiger partial charge in [-0.05, 0) is 7.05 Å². The fourth-order valence-electron chi connectivity index (χ4n) is 2.08. The van der Waals surface area contributed by atoms with Crippen molar-refractivity contribution in [3.05, 3.63) is 11.7 Å². The maximum absolute atomic E-state index is 11.9. The van der Waals surface area contributed by atoms with E-state index >= 15 is 0 Å². The Balaban J connectivity index is 1.90. The molecular formula is C9H9BN2O4S. The van der Waals surface area contributed by atoms with Gasteiger partial charge in [-0.1, -0.05) is 0 Å². The Kier molecular flexibility index (Phi) is 2.32. The van der Waals surface area contributed by atoms with Crippen LogP contribution >= 0.6 is 11.3 Å². The number of carbonyl (C=O) groups is 2. The Hall–Kier alpha value is -1.25. The predicted molar refractivity (Wildman–Crippen MR) is 59.9 cm³/mol. The van der Waals surface area contributed by atoms with Crippen molar-refractivity contribution in [1.82, 2.24) is 9.88 Å².